The maximum absolute atomic E-state index is 12.8. The average molecular weight is 466 g/mol. The number of esters is 1. The number of rotatable bonds is 2. The molecule has 1 amide bonds. The third-order valence-electron chi connectivity index (χ3n) is 6.27. The molecule has 1 saturated heterocycles. The van der Waals surface area contributed by atoms with Crippen molar-refractivity contribution in [2.45, 2.75) is 59.8 Å². The van der Waals surface area contributed by atoms with Crippen LogP contribution in [0.25, 0.3) is 6.08 Å². The van der Waals surface area contributed by atoms with Gasteiger partial charge in [-0.2, -0.15) is 0 Å². The van der Waals surface area contributed by atoms with Gasteiger partial charge in [0.25, 0.3) is 0 Å². The maximum Gasteiger partial charge on any atom is 0.337 e. The highest BCUT2D eigenvalue weighted by Gasteiger charge is 2.39. The van der Waals surface area contributed by atoms with E-state index in [1.807, 2.05) is 4.90 Å². The molecule has 1 unspecified atom stereocenters. The summed E-state index contributed by atoms with van der Waals surface area (Å²) in [7, 11) is 1.56. The smallest absolute Gasteiger partial charge is 0.337 e. The summed E-state index contributed by atoms with van der Waals surface area (Å²) in [6.07, 6.45) is 6.26. The van der Waals surface area contributed by atoms with Crippen molar-refractivity contribution >= 4 is 23.7 Å². The van der Waals surface area contributed by atoms with E-state index in [1.54, 1.807) is 14.0 Å². The van der Waals surface area contributed by atoms with Crippen LogP contribution >= 0.6 is 0 Å². The molecule has 3 aliphatic heterocycles. The zero-order chi connectivity index (χ0) is 24.8. The van der Waals surface area contributed by atoms with Crippen LogP contribution in [0.4, 0.5) is 0 Å². The number of cyclic esters (lactones) is 1. The van der Waals surface area contributed by atoms with E-state index in [0.29, 0.717) is 11.3 Å². The number of ether oxygens (including phenoxy) is 2. The lowest BCUT2D eigenvalue weighted by Gasteiger charge is -2.27. The molecular formula is C28H35NO5. The molecule has 0 bridgehead atoms. The highest BCUT2D eigenvalue weighted by molar-refractivity contribution is 5.92. The average Bonchev–Trinajstić information content (AvgIpc) is 2.96. The van der Waals surface area contributed by atoms with Crippen LogP contribution in [0.15, 0.2) is 52.4 Å². The lowest BCUT2D eigenvalue weighted by Crippen LogP contribution is -2.28. The molecule has 0 aromatic heterocycles. The molecular weight excluding hydrogens is 430 g/mol. The summed E-state index contributed by atoms with van der Waals surface area (Å²) in [5, 5.41) is 0. The minimum absolute atomic E-state index is 0.103. The Bertz CT molecular complexity index is 1040. The van der Waals surface area contributed by atoms with Crippen LogP contribution < -0.4 is 0 Å². The Morgan fingerprint density at radius 1 is 1.12 bits per heavy atom. The quantitative estimate of drug-likeness (QED) is 0.567. The molecule has 4 rings (SSSR count). The van der Waals surface area contributed by atoms with Crippen molar-refractivity contribution in [1.82, 2.24) is 4.90 Å². The summed E-state index contributed by atoms with van der Waals surface area (Å²) in [5.41, 5.74) is 5.71. The van der Waals surface area contributed by atoms with Crippen LogP contribution in [0.5, 0.6) is 0 Å². The van der Waals surface area contributed by atoms with E-state index in [-0.39, 0.29) is 30.6 Å². The van der Waals surface area contributed by atoms with Crippen molar-refractivity contribution in [2.24, 2.45) is 5.92 Å². The molecule has 0 saturated carbocycles. The number of carbonyl (C=O) groups excluding carboxylic acids is 3. The molecule has 3 heterocycles. The lowest BCUT2D eigenvalue weighted by atomic mass is 9.88. The zero-order valence-corrected chi connectivity index (χ0v) is 20.9. The number of amides is 1. The molecule has 1 fully saturated rings. The first-order chi connectivity index (χ1) is 16.2. The monoisotopic (exact) mass is 465 g/mol. The van der Waals surface area contributed by atoms with Crippen LogP contribution in [0, 0.1) is 12.8 Å². The molecule has 0 radical (unpaired) electrons. The third-order valence-corrected chi connectivity index (χ3v) is 6.27. The van der Waals surface area contributed by atoms with Gasteiger partial charge < -0.3 is 19.2 Å². The topological polar surface area (TPSA) is 72.9 Å². The Morgan fingerprint density at radius 2 is 1.79 bits per heavy atom. The first-order valence-corrected chi connectivity index (χ1v) is 11.9. The van der Waals surface area contributed by atoms with Gasteiger partial charge in [0.1, 0.15) is 18.1 Å². The molecule has 1 aromatic rings. The fraction of sp³-hybridized carbons (Fsp3) is 0.464. The van der Waals surface area contributed by atoms with Crippen LogP contribution in [0.1, 0.15) is 64.0 Å². The van der Waals surface area contributed by atoms with Crippen molar-refractivity contribution in [3.8, 4) is 0 Å². The van der Waals surface area contributed by atoms with Gasteiger partial charge in [-0.15, -0.1) is 0 Å². The van der Waals surface area contributed by atoms with Gasteiger partial charge in [0.05, 0.1) is 19.1 Å². The van der Waals surface area contributed by atoms with Crippen LogP contribution in [-0.2, 0) is 23.9 Å². The molecule has 0 aliphatic carbocycles. The molecule has 1 atom stereocenters. The number of nitrogens with zero attached hydrogens (tertiary/aromatic N) is 1. The standard InChI is InChI=1S/C25H29NO4.C3H6O/c1-16-7-9-18(10-8-16)12-19-13-20-6-4-5-11-26-22(27)14-21(23(20)26)24(29-3)17(2)25(28)30-15-19;1-3(2)4/h7-10,12,20H,4-6,11,13-15H2,1-3H3;1-2H3/b19-12+,24-17+;. The molecule has 6 heteroatoms. The highest BCUT2D eigenvalue weighted by atomic mass is 16.5. The van der Waals surface area contributed by atoms with E-state index in [9.17, 15) is 14.4 Å². The Morgan fingerprint density at radius 3 is 2.44 bits per heavy atom. The van der Waals surface area contributed by atoms with Crippen LogP contribution in [0.2, 0.25) is 0 Å². The minimum atomic E-state index is -0.396. The summed E-state index contributed by atoms with van der Waals surface area (Å²) in [5.74, 6) is 0.586. The van der Waals surface area contributed by atoms with Gasteiger partial charge in [0.2, 0.25) is 5.91 Å². The molecule has 182 valence electrons. The van der Waals surface area contributed by atoms with E-state index in [4.69, 9.17) is 9.47 Å². The number of aryl methyl sites for hydroxylation is 1. The largest absolute Gasteiger partial charge is 0.496 e. The summed E-state index contributed by atoms with van der Waals surface area (Å²) in [4.78, 5) is 36.9. The van der Waals surface area contributed by atoms with E-state index < -0.39 is 5.97 Å². The number of methoxy groups -OCH3 is 1. The Kier molecular flexibility index (Phi) is 8.48. The number of allylic oxidation sites excluding steroid dienone is 2. The number of ketones is 1. The van der Waals surface area contributed by atoms with Gasteiger partial charge in [0, 0.05) is 23.7 Å². The van der Waals surface area contributed by atoms with Crippen molar-refractivity contribution in [2.75, 3.05) is 20.3 Å². The van der Waals surface area contributed by atoms with E-state index in [1.165, 1.54) is 19.4 Å². The molecule has 0 N–H and O–H groups in total. The molecule has 1 aromatic carbocycles. The maximum atomic E-state index is 12.8. The van der Waals surface area contributed by atoms with Crippen molar-refractivity contribution in [3.05, 3.63) is 63.6 Å². The lowest BCUT2D eigenvalue weighted by molar-refractivity contribution is -0.138. The zero-order valence-electron chi connectivity index (χ0n) is 20.9. The third kappa shape index (κ3) is 6.04. The summed E-state index contributed by atoms with van der Waals surface area (Å²) in [6, 6.07) is 8.33. The highest BCUT2D eigenvalue weighted by Crippen LogP contribution is 2.42. The van der Waals surface area contributed by atoms with Gasteiger partial charge in [0.15, 0.2) is 0 Å². The fourth-order valence-electron chi connectivity index (χ4n) is 4.78. The van der Waals surface area contributed by atoms with Gasteiger partial charge >= 0.3 is 5.97 Å². The Labute approximate surface area is 202 Å². The Hall–Kier alpha value is -3.15. The van der Waals surface area contributed by atoms with Gasteiger partial charge in [-0.05, 0) is 58.1 Å². The number of hydrogen-bond acceptors (Lipinski definition) is 5. The van der Waals surface area contributed by atoms with E-state index in [0.717, 1.165) is 54.6 Å². The molecule has 0 spiro atoms. The number of hydrogen-bond donors (Lipinski definition) is 0. The van der Waals surface area contributed by atoms with E-state index >= 15 is 0 Å². The second kappa shape index (κ2) is 11.3. The van der Waals surface area contributed by atoms with Crippen molar-refractivity contribution in [1.29, 1.82) is 0 Å². The number of carbonyl (C=O) groups is 3. The number of Topliss-reactive ketones (excluding diaryl/α,β-unsaturated/α-hetero) is 1. The summed E-state index contributed by atoms with van der Waals surface area (Å²) < 4.78 is 11.3. The second-order valence-corrected chi connectivity index (χ2v) is 9.34. The normalized spacial score (nSPS) is 24.1. The summed E-state index contributed by atoms with van der Waals surface area (Å²) >= 11 is 0. The minimum Gasteiger partial charge on any atom is -0.496 e. The first-order valence-electron chi connectivity index (χ1n) is 11.9. The molecule has 34 heavy (non-hydrogen) atoms. The van der Waals surface area contributed by atoms with Crippen LogP contribution in [0.3, 0.4) is 0 Å². The summed E-state index contributed by atoms with van der Waals surface area (Å²) in [6.45, 7) is 7.83. The second-order valence-electron chi connectivity index (χ2n) is 9.34. The molecule has 6 nitrogen and oxygen atoms in total. The van der Waals surface area contributed by atoms with Gasteiger partial charge in [-0.3, -0.25) is 4.79 Å². The van der Waals surface area contributed by atoms with Gasteiger partial charge in [-0.25, -0.2) is 4.79 Å². The first kappa shape index (κ1) is 25.5. The van der Waals surface area contributed by atoms with Crippen molar-refractivity contribution < 1.29 is 23.9 Å². The number of benzene rings is 1. The van der Waals surface area contributed by atoms with Crippen molar-refractivity contribution in [3.63, 3.8) is 0 Å². The Balaban J connectivity index is 0.000000751. The SMILES string of the molecule is CC(C)=O.CO/C1=C(\C)C(=O)OC/C(=C/c2ccc(C)cc2)CC2CCCCN3C(=O)CC1=C23. The fourth-order valence-corrected chi connectivity index (χ4v) is 4.78. The molecule has 3 aliphatic rings. The van der Waals surface area contributed by atoms with E-state index in [2.05, 4.69) is 37.3 Å². The van der Waals surface area contributed by atoms with Gasteiger partial charge in [-0.1, -0.05) is 42.3 Å². The van der Waals surface area contributed by atoms with Crippen LogP contribution in [-0.4, -0.2) is 42.8 Å². The predicted molar refractivity (Wildman–Crippen MR) is 131 cm³/mol. The predicted octanol–water partition coefficient (Wildman–Crippen LogP) is 5.13.